The molecule has 2 aliphatic rings. The minimum Gasteiger partial charge on any atom is -0.508 e. The van der Waals surface area contributed by atoms with E-state index in [9.17, 15) is 32.2 Å². The monoisotopic (exact) mass is 955 g/mol. The molecule has 0 aliphatic carbocycles. The number of rotatable bonds is 24. The van der Waals surface area contributed by atoms with Crippen LogP contribution in [0, 0.1) is 5.92 Å². The lowest BCUT2D eigenvalue weighted by atomic mass is 9.66. The van der Waals surface area contributed by atoms with Gasteiger partial charge in [-0.2, -0.15) is 22.0 Å². The standard InChI is InChI=1S/C32H43F5O3.C23H28O5/c1-23(12-10-20-31(33,34)32(35,36)37)11-8-6-4-3-5-7-9-13-28-27-19-18-26(39)21-29(27)40-22-30(28,2)24-14-16-25(38)17-15-24;1-5-6-21-20-12-11-19(28-16-25-4)13-22(20)26-14-23(21,2)17-7-9-18(10-8-17)27-15-24-3/h14-19,21,23,28,38-39H,3-13,20,22H2,1-2H3;5,7-13,21H,1,6,14-16H2,2-4H3/t23?,28-,30-;21-,23-/m11/s1. The third-order valence-corrected chi connectivity index (χ3v) is 13.7. The summed E-state index contributed by atoms with van der Waals surface area (Å²) in [5, 5.41) is 19.7. The predicted molar refractivity (Wildman–Crippen MR) is 256 cm³/mol. The van der Waals surface area contributed by atoms with Crippen LogP contribution in [0.4, 0.5) is 22.0 Å². The van der Waals surface area contributed by atoms with Crippen LogP contribution in [0.3, 0.4) is 0 Å². The molecule has 0 bridgehead atoms. The van der Waals surface area contributed by atoms with Crippen molar-refractivity contribution in [2.75, 3.05) is 41.0 Å². The SMILES string of the molecule is C=CC[C@@H]1c2ccc(OCOC)cc2OC[C@]1(C)c1ccc(OCOC)cc1.CC(CCCCCCCCC[C@@H]1c2ccc(O)cc2OC[C@]1(C)c1ccc(O)cc1)CCCC(F)(F)C(F)(F)F. The Hall–Kier alpha value is -5.01. The smallest absolute Gasteiger partial charge is 0.453 e. The number of phenols is 2. The summed E-state index contributed by atoms with van der Waals surface area (Å²) in [6.07, 6.45) is 5.82. The number of fused-ring (bicyclic) bond motifs is 2. The Bertz CT molecular complexity index is 2150. The fraction of sp³-hybridized carbons (Fsp3) is 0.527. The van der Waals surface area contributed by atoms with E-state index >= 15 is 0 Å². The van der Waals surface area contributed by atoms with Crippen molar-refractivity contribution in [1.29, 1.82) is 0 Å². The number of hydrogen-bond donors (Lipinski definition) is 2. The Kier molecular flexibility index (Phi) is 19.9. The molecule has 68 heavy (non-hydrogen) atoms. The Morgan fingerprint density at radius 2 is 1.13 bits per heavy atom. The summed E-state index contributed by atoms with van der Waals surface area (Å²) in [5.74, 6) is -0.468. The van der Waals surface area contributed by atoms with Gasteiger partial charge < -0.3 is 38.6 Å². The van der Waals surface area contributed by atoms with Gasteiger partial charge in [0.1, 0.15) is 34.5 Å². The number of aromatic hydroxyl groups is 2. The number of allylic oxidation sites excluding steroid dienone is 1. The Morgan fingerprint density at radius 3 is 1.74 bits per heavy atom. The van der Waals surface area contributed by atoms with Crippen LogP contribution < -0.4 is 18.9 Å². The van der Waals surface area contributed by atoms with E-state index < -0.39 is 18.5 Å². The zero-order valence-corrected chi connectivity index (χ0v) is 40.4. The summed E-state index contributed by atoms with van der Waals surface area (Å²) in [7, 11) is 3.21. The van der Waals surface area contributed by atoms with Gasteiger partial charge in [0.25, 0.3) is 0 Å². The summed E-state index contributed by atoms with van der Waals surface area (Å²) in [6.45, 7) is 11.8. The maximum atomic E-state index is 13.0. The largest absolute Gasteiger partial charge is 0.508 e. The van der Waals surface area contributed by atoms with Gasteiger partial charge in [-0.3, -0.25) is 0 Å². The maximum absolute atomic E-state index is 13.0. The summed E-state index contributed by atoms with van der Waals surface area (Å²) in [4.78, 5) is 0. The highest BCUT2D eigenvalue weighted by atomic mass is 19.4. The van der Waals surface area contributed by atoms with E-state index in [4.69, 9.17) is 28.4 Å². The molecule has 0 amide bonds. The first kappa shape index (κ1) is 53.9. The third kappa shape index (κ3) is 14.3. The van der Waals surface area contributed by atoms with Crippen molar-refractivity contribution in [2.45, 2.75) is 139 Å². The second kappa shape index (κ2) is 25.0. The first-order chi connectivity index (χ1) is 32.5. The average molecular weight is 955 g/mol. The molecule has 374 valence electrons. The minimum atomic E-state index is -5.46. The molecule has 0 spiro atoms. The lowest BCUT2D eigenvalue weighted by molar-refractivity contribution is -0.284. The zero-order valence-electron chi connectivity index (χ0n) is 40.4. The van der Waals surface area contributed by atoms with Gasteiger partial charge in [-0.25, -0.2) is 0 Å². The highest BCUT2D eigenvalue weighted by molar-refractivity contribution is 5.50. The van der Waals surface area contributed by atoms with Crippen LogP contribution in [0.2, 0.25) is 0 Å². The normalized spacial score (nSPS) is 20.4. The summed E-state index contributed by atoms with van der Waals surface area (Å²) >= 11 is 0. The average Bonchev–Trinajstić information content (AvgIpc) is 3.31. The van der Waals surface area contributed by atoms with Crippen LogP contribution in [-0.2, 0) is 20.3 Å². The van der Waals surface area contributed by atoms with E-state index in [1.807, 2.05) is 55.5 Å². The van der Waals surface area contributed by atoms with Gasteiger partial charge in [-0.15, -0.1) is 6.58 Å². The van der Waals surface area contributed by atoms with Crippen molar-refractivity contribution in [1.82, 2.24) is 0 Å². The topological polar surface area (TPSA) is 95.8 Å². The maximum Gasteiger partial charge on any atom is 0.453 e. The number of unbranched alkanes of at least 4 members (excludes halogenated alkanes) is 6. The lowest BCUT2D eigenvalue weighted by Gasteiger charge is -2.43. The molecule has 0 fully saturated rings. The molecule has 2 heterocycles. The summed E-state index contributed by atoms with van der Waals surface area (Å²) in [5.41, 5.74) is 4.12. The molecular formula is C55H71F5O8. The number of benzene rings is 4. The zero-order chi connectivity index (χ0) is 49.4. The second-order valence-corrected chi connectivity index (χ2v) is 18.9. The lowest BCUT2D eigenvalue weighted by Crippen LogP contribution is -2.40. The van der Waals surface area contributed by atoms with Crippen molar-refractivity contribution in [3.63, 3.8) is 0 Å². The van der Waals surface area contributed by atoms with Crippen molar-refractivity contribution < 1.29 is 60.6 Å². The first-order valence-electron chi connectivity index (χ1n) is 23.9. The van der Waals surface area contributed by atoms with Crippen molar-refractivity contribution in [3.8, 4) is 34.5 Å². The molecule has 0 saturated heterocycles. The number of hydrogen-bond acceptors (Lipinski definition) is 8. The molecular weight excluding hydrogens is 884 g/mol. The minimum absolute atomic E-state index is 0.113. The Morgan fingerprint density at radius 1 is 0.647 bits per heavy atom. The van der Waals surface area contributed by atoms with Crippen LogP contribution in [0.5, 0.6) is 34.5 Å². The van der Waals surface area contributed by atoms with Crippen molar-refractivity contribution in [2.24, 2.45) is 5.92 Å². The molecule has 8 nitrogen and oxygen atoms in total. The number of alkyl halides is 5. The van der Waals surface area contributed by atoms with Crippen LogP contribution in [0.1, 0.15) is 138 Å². The molecule has 0 aromatic heterocycles. The van der Waals surface area contributed by atoms with Gasteiger partial charge >= 0.3 is 12.1 Å². The predicted octanol–water partition coefficient (Wildman–Crippen LogP) is 14.7. The summed E-state index contributed by atoms with van der Waals surface area (Å²) < 4.78 is 96.1. The molecule has 2 aliphatic heterocycles. The van der Waals surface area contributed by atoms with E-state index in [0.717, 1.165) is 104 Å². The third-order valence-electron chi connectivity index (χ3n) is 13.7. The molecule has 0 radical (unpaired) electrons. The molecule has 4 aromatic rings. The molecule has 1 unspecified atom stereocenters. The van der Waals surface area contributed by atoms with Crippen LogP contribution in [0.25, 0.3) is 0 Å². The Labute approximate surface area is 399 Å². The van der Waals surface area contributed by atoms with Gasteiger partial charge in [-0.1, -0.05) is 121 Å². The van der Waals surface area contributed by atoms with Gasteiger partial charge in [-0.05, 0) is 83.8 Å². The molecule has 0 saturated carbocycles. The van der Waals surface area contributed by atoms with Crippen LogP contribution in [-0.4, -0.2) is 63.3 Å². The highest BCUT2D eigenvalue weighted by Gasteiger charge is 2.56. The summed E-state index contributed by atoms with van der Waals surface area (Å²) in [6, 6.07) is 26.8. The van der Waals surface area contributed by atoms with E-state index in [-0.39, 0.29) is 60.1 Å². The highest BCUT2D eigenvalue weighted by Crippen LogP contribution is 2.51. The van der Waals surface area contributed by atoms with E-state index in [0.29, 0.717) is 19.6 Å². The van der Waals surface area contributed by atoms with Gasteiger partial charge in [0.05, 0.1) is 13.2 Å². The number of methoxy groups -OCH3 is 2. The van der Waals surface area contributed by atoms with Crippen LogP contribution in [0.15, 0.2) is 97.6 Å². The molecule has 13 heteroatoms. The Balaban J connectivity index is 0.000000270. The number of phenolic OH excluding ortho intramolecular Hbond substituents is 2. The quantitative estimate of drug-likeness (QED) is 0.0310. The molecule has 4 aromatic carbocycles. The van der Waals surface area contributed by atoms with Gasteiger partial charge in [0.2, 0.25) is 0 Å². The van der Waals surface area contributed by atoms with E-state index in [1.54, 1.807) is 38.5 Å². The van der Waals surface area contributed by atoms with Crippen LogP contribution >= 0.6 is 0 Å². The van der Waals surface area contributed by atoms with Gasteiger partial charge in [0.15, 0.2) is 13.6 Å². The number of ether oxygens (including phenoxy) is 6. The first-order valence-corrected chi connectivity index (χ1v) is 23.9. The van der Waals surface area contributed by atoms with E-state index in [2.05, 4.69) is 38.6 Å². The van der Waals surface area contributed by atoms with Crippen molar-refractivity contribution in [3.05, 3.63) is 120 Å². The number of halogens is 5. The van der Waals surface area contributed by atoms with E-state index in [1.165, 1.54) is 5.56 Å². The van der Waals surface area contributed by atoms with Crippen molar-refractivity contribution >= 4 is 0 Å². The second-order valence-electron chi connectivity index (χ2n) is 18.9. The molecule has 2 N–H and O–H groups in total. The van der Waals surface area contributed by atoms with Gasteiger partial charge in [0, 0.05) is 55.4 Å². The molecule has 6 rings (SSSR count). The molecule has 5 atom stereocenters. The fourth-order valence-corrected chi connectivity index (χ4v) is 9.60. The fourth-order valence-electron chi connectivity index (χ4n) is 9.60.